The molecule has 0 fully saturated rings. The summed E-state index contributed by atoms with van der Waals surface area (Å²) in [6, 6.07) is 50.9. The Bertz CT molecular complexity index is 1860. The third kappa shape index (κ3) is 3.53. The van der Waals surface area contributed by atoms with Gasteiger partial charge in [-0.1, -0.05) is 145 Å². The van der Waals surface area contributed by atoms with Gasteiger partial charge in [-0.25, -0.2) is 0 Å². The smallest absolute Gasteiger partial charge is 0.00201 e. The van der Waals surface area contributed by atoms with E-state index in [4.69, 9.17) is 0 Å². The minimum absolute atomic E-state index is 1.24. The highest BCUT2D eigenvalue weighted by atomic mass is 14.2. The SMILES string of the molecule is Cc1ccc(-c2ccccc2-c2c3ccccc3c(-c3cccc4ccccc34)c3ccccc23)cc1. The summed E-state index contributed by atoms with van der Waals surface area (Å²) < 4.78 is 0. The van der Waals surface area contributed by atoms with Gasteiger partial charge < -0.3 is 0 Å². The number of hydrogen-bond acceptors (Lipinski definition) is 0. The van der Waals surface area contributed by atoms with Gasteiger partial charge >= 0.3 is 0 Å². The lowest BCUT2D eigenvalue weighted by Crippen LogP contribution is -1.93. The van der Waals surface area contributed by atoms with E-state index < -0.39 is 0 Å². The molecule has 0 aliphatic carbocycles. The van der Waals surface area contributed by atoms with Crippen LogP contribution >= 0.6 is 0 Å². The highest BCUT2D eigenvalue weighted by molar-refractivity contribution is 6.24. The van der Waals surface area contributed by atoms with Crippen molar-refractivity contribution in [2.75, 3.05) is 0 Å². The Hall–Kier alpha value is -4.68. The van der Waals surface area contributed by atoms with Crippen LogP contribution in [0.3, 0.4) is 0 Å². The van der Waals surface area contributed by atoms with Crippen molar-refractivity contribution >= 4 is 32.3 Å². The second-order valence-electron chi connectivity index (χ2n) is 9.78. The summed E-state index contributed by atoms with van der Waals surface area (Å²) in [6.45, 7) is 2.14. The lowest BCUT2D eigenvalue weighted by atomic mass is 9.83. The van der Waals surface area contributed by atoms with Crippen LogP contribution in [0.15, 0.2) is 140 Å². The van der Waals surface area contributed by atoms with E-state index in [0.717, 1.165) is 0 Å². The lowest BCUT2D eigenvalue weighted by Gasteiger charge is -2.20. The van der Waals surface area contributed by atoms with Crippen molar-refractivity contribution in [3.8, 4) is 33.4 Å². The first-order chi connectivity index (χ1) is 18.3. The molecule has 174 valence electrons. The molecule has 7 aromatic rings. The zero-order valence-corrected chi connectivity index (χ0v) is 20.8. The molecular formula is C37H26. The fraction of sp³-hybridized carbons (Fsp3) is 0.0270. The quantitative estimate of drug-likeness (QED) is 0.225. The van der Waals surface area contributed by atoms with Crippen LogP contribution in [0.4, 0.5) is 0 Å². The number of aryl methyl sites for hydroxylation is 1. The molecule has 7 aromatic carbocycles. The number of rotatable bonds is 3. The van der Waals surface area contributed by atoms with E-state index in [1.54, 1.807) is 0 Å². The van der Waals surface area contributed by atoms with Gasteiger partial charge in [-0.15, -0.1) is 0 Å². The van der Waals surface area contributed by atoms with Crippen molar-refractivity contribution in [1.29, 1.82) is 0 Å². The minimum Gasteiger partial charge on any atom is -0.0616 e. The van der Waals surface area contributed by atoms with Crippen molar-refractivity contribution in [2.45, 2.75) is 6.92 Å². The Morgan fingerprint density at radius 2 is 0.757 bits per heavy atom. The second-order valence-corrected chi connectivity index (χ2v) is 9.78. The summed E-state index contributed by atoms with van der Waals surface area (Å²) in [6.07, 6.45) is 0. The molecule has 0 bridgehead atoms. The van der Waals surface area contributed by atoms with Crippen LogP contribution in [0.25, 0.3) is 65.7 Å². The Labute approximate surface area is 217 Å². The molecule has 0 aliphatic rings. The van der Waals surface area contributed by atoms with Crippen LogP contribution in [0.5, 0.6) is 0 Å². The molecule has 0 spiro atoms. The summed E-state index contributed by atoms with van der Waals surface area (Å²) >= 11 is 0. The van der Waals surface area contributed by atoms with E-state index in [2.05, 4.69) is 146 Å². The molecule has 0 saturated carbocycles. The van der Waals surface area contributed by atoms with Gasteiger partial charge in [0, 0.05) is 0 Å². The second kappa shape index (κ2) is 8.76. The Balaban J connectivity index is 1.63. The standard InChI is InChI=1S/C37H26/c1-25-21-23-27(24-22-25)29-14-4-5-15-30(29)36-32-16-6-8-18-34(32)37(35-19-9-7-17-33(35)36)31-20-10-12-26-11-2-3-13-28(26)31/h2-24H,1H3. The first-order valence-corrected chi connectivity index (χ1v) is 12.9. The highest BCUT2D eigenvalue weighted by Crippen LogP contribution is 2.47. The van der Waals surface area contributed by atoms with E-state index >= 15 is 0 Å². The summed E-state index contributed by atoms with van der Waals surface area (Å²) in [7, 11) is 0. The molecule has 0 N–H and O–H groups in total. The van der Waals surface area contributed by atoms with Crippen LogP contribution in [0.2, 0.25) is 0 Å². The fourth-order valence-electron chi connectivity index (χ4n) is 5.84. The number of hydrogen-bond donors (Lipinski definition) is 0. The molecule has 0 amide bonds. The molecular weight excluding hydrogens is 444 g/mol. The van der Waals surface area contributed by atoms with Crippen LogP contribution < -0.4 is 0 Å². The van der Waals surface area contributed by atoms with Crippen LogP contribution in [0, 0.1) is 6.92 Å². The maximum Gasteiger partial charge on any atom is -0.00201 e. The Morgan fingerprint density at radius 1 is 0.324 bits per heavy atom. The van der Waals surface area contributed by atoms with Crippen molar-refractivity contribution in [2.24, 2.45) is 0 Å². The van der Waals surface area contributed by atoms with Crippen LogP contribution in [-0.2, 0) is 0 Å². The molecule has 0 aliphatic heterocycles. The molecule has 0 nitrogen and oxygen atoms in total. The molecule has 0 heteroatoms. The van der Waals surface area contributed by atoms with E-state index in [1.165, 1.54) is 71.3 Å². The summed E-state index contributed by atoms with van der Waals surface area (Å²) in [5.41, 5.74) is 8.93. The molecule has 0 unspecified atom stereocenters. The first kappa shape index (κ1) is 21.6. The number of fused-ring (bicyclic) bond motifs is 3. The average Bonchev–Trinajstić information content (AvgIpc) is 2.96. The van der Waals surface area contributed by atoms with Gasteiger partial charge in [0.1, 0.15) is 0 Å². The predicted molar refractivity (Wildman–Crippen MR) is 160 cm³/mol. The van der Waals surface area contributed by atoms with Gasteiger partial charge in [0.05, 0.1) is 0 Å². The zero-order chi connectivity index (χ0) is 24.8. The largest absolute Gasteiger partial charge is 0.0616 e. The topological polar surface area (TPSA) is 0 Å². The normalized spacial score (nSPS) is 11.4. The van der Waals surface area contributed by atoms with Gasteiger partial charge in [-0.3, -0.25) is 0 Å². The van der Waals surface area contributed by atoms with Crippen LogP contribution in [0.1, 0.15) is 5.56 Å². The third-order valence-electron chi connectivity index (χ3n) is 7.55. The van der Waals surface area contributed by atoms with Gasteiger partial charge in [-0.05, 0) is 72.6 Å². The Morgan fingerprint density at radius 3 is 1.38 bits per heavy atom. The van der Waals surface area contributed by atoms with Gasteiger partial charge in [0.15, 0.2) is 0 Å². The molecule has 37 heavy (non-hydrogen) atoms. The van der Waals surface area contributed by atoms with Crippen molar-refractivity contribution in [3.05, 3.63) is 145 Å². The average molecular weight is 471 g/mol. The molecule has 0 saturated heterocycles. The van der Waals surface area contributed by atoms with Crippen molar-refractivity contribution in [1.82, 2.24) is 0 Å². The molecule has 0 aromatic heterocycles. The first-order valence-electron chi connectivity index (χ1n) is 12.9. The fourth-order valence-corrected chi connectivity index (χ4v) is 5.84. The zero-order valence-electron chi connectivity index (χ0n) is 20.8. The summed E-state index contributed by atoms with van der Waals surface area (Å²) in [5, 5.41) is 7.68. The lowest BCUT2D eigenvalue weighted by molar-refractivity contribution is 1.47. The van der Waals surface area contributed by atoms with E-state index in [0.29, 0.717) is 0 Å². The van der Waals surface area contributed by atoms with Crippen molar-refractivity contribution in [3.63, 3.8) is 0 Å². The molecule has 0 atom stereocenters. The molecule has 0 radical (unpaired) electrons. The minimum atomic E-state index is 1.24. The van der Waals surface area contributed by atoms with E-state index in [9.17, 15) is 0 Å². The van der Waals surface area contributed by atoms with E-state index in [-0.39, 0.29) is 0 Å². The predicted octanol–water partition coefficient (Wildman–Crippen LogP) is 10.5. The van der Waals surface area contributed by atoms with Gasteiger partial charge in [0.25, 0.3) is 0 Å². The maximum absolute atomic E-state index is 2.29. The Kier molecular flexibility index (Phi) is 5.11. The van der Waals surface area contributed by atoms with Crippen molar-refractivity contribution < 1.29 is 0 Å². The monoisotopic (exact) mass is 470 g/mol. The summed E-state index contributed by atoms with van der Waals surface area (Å²) in [5.74, 6) is 0. The molecule has 0 heterocycles. The molecule has 7 rings (SSSR count). The van der Waals surface area contributed by atoms with Gasteiger partial charge in [0.2, 0.25) is 0 Å². The third-order valence-corrected chi connectivity index (χ3v) is 7.55. The van der Waals surface area contributed by atoms with Crippen LogP contribution in [-0.4, -0.2) is 0 Å². The van der Waals surface area contributed by atoms with Gasteiger partial charge in [-0.2, -0.15) is 0 Å². The highest BCUT2D eigenvalue weighted by Gasteiger charge is 2.19. The summed E-state index contributed by atoms with van der Waals surface area (Å²) in [4.78, 5) is 0. The van der Waals surface area contributed by atoms with E-state index in [1.807, 2.05) is 0 Å². The number of benzene rings is 7. The maximum atomic E-state index is 2.29.